The summed E-state index contributed by atoms with van der Waals surface area (Å²) in [6, 6.07) is 8.81. The second-order valence-electron chi connectivity index (χ2n) is 6.62. The van der Waals surface area contributed by atoms with Gasteiger partial charge >= 0.3 is 6.09 Å². The van der Waals surface area contributed by atoms with Gasteiger partial charge in [0.2, 0.25) is 0 Å². The third-order valence-electron chi connectivity index (χ3n) is 4.52. The molecule has 0 spiro atoms. The fourth-order valence-electron chi connectivity index (χ4n) is 2.79. The van der Waals surface area contributed by atoms with E-state index in [2.05, 4.69) is 48.2 Å². The lowest BCUT2D eigenvalue weighted by Crippen LogP contribution is -3.16. The van der Waals surface area contributed by atoms with Gasteiger partial charge in [0.05, 0.1) is 13.2 Å². The molecule has 2 rings (SSSR count). The average Bonchev–Trinajstić information content (AvgIpc) is 3.36. The third kappa shape index (κ3) is 4.79. The molecular formula is C18H27N2O3+. The lowest BCUT2D eigenvalue weighted by molar-refractivity contribution is -0.938. The Bertz CT molecular complexity index is 550. The number of nitrogens with one attached hydrogen (secondary N) is 2. The number of rotatable bonds is 6. The molecule has 0 saturated heterocycles. The molecule has 1 aromatic carbocycles. The molecule has 2 amide bonds. The standard InChI is InChI=1S/C18H26N2O3/c1-12(2)15-7-5-14(6-8-15)11-20(16-9-10-16)13(3)17(21)19-18(22)23-4/h5-8,12-13,16H,9-11H2,1-4H3,(H,19,21,22)/p+1/t13-/m1/s1. The number of ether oxygens (including phenoxy) is 1. The summed E-state index contributed by atoms with van der Waals surface area (Å²) in [7, 11) is 1.26. The highest BCUT2D eigenvalue weighted by molar-refractivity contribution is 5.93. The highest BCUT2D eigenvalue weighted by Gasteiger charge is 2.39. The molecule has 0 radical (unpaired) electrons. The topological polar surface area (TPSA) is 59.8 Å². The van der Waals surface area contributed by atoms with Crippen molar-refractivity contribution >= 4 is 12.0 Å². The average molecular weight is 319 g/mol. The van der Waals surface area contributed by atoms with Gasteiger partial charge in [-0.1, -0.05) is 38.1 Å². The van der Waals surface area contributed by atoms with Crippen LogP contribution < -0.4 is 10.2 Å². The van der Waals surface area contributed by atoms with Crippen molar-refractivity contribution in [1.82, 2.24) is 5.32 Å². The first-order valence-corrected chi connectivity index (χ1v) is 8.25. The first-order chi connectivity index (χ1) is 10.9. The molecule has 0 bridgehead atoms. The van der Waals surface area contributed by atoms with Gasteiger partial charge in [0, 0.05) is 18.4 Å². The van der Waals surface area contributed by atoms with Crippen molar-refractivity contribution < 1.29 is 19.2 Å². The van der Waals surface area contributed by atoms with Crippen LogP contribution in [-0.4, -0.2) is 31.2 Å². The van der Waals surface area contributed by atoms with E-state index >= 15 is 0 Å². The zero-order valence-corrected chi connectivity index (χ0v) is 14.4. The number of hydrogen-bond donors (Lipinski definition) is 2. The van der Waals surface area contributed by atoms with Crippen LogP contribution in [0.15, 0.2) is 24.3 Å². The van der Waals surface area contributed by atoms with Gasteiger partial charge in [-0.2, -0.15) is 0 Å². The quantitative estimate of drug-likeness (QED) is 0.838. The molecule has 1 aliphatic carbocycles. The molecule has 0 heterocycles. The zero-order valence-electron chi connectivity index (χ0n) is 14.4. The van der Waals surface area contributed by atoms with Crippen molar-refractivity contribution in [3.63, 3.8) is 0 Å². The van der Waals surface area contributed by atoms with Gasteiger partial charge in [-0.15, -0.1) is 0 Å². The Kier molecular flexibility index (Phi) is 5.77. The van der Waals surface area contributed by atoms with Crippen molar-refractivity contribution in [2.24, 2.45) is 0 Å². The van der Waals surface area contributed by atoms with Crippen LogP contribution in [0.1, 0.15) is 50.7 Å². The molecule has 0 aliphatic heterocycles. The third-order valence-corrected chi connectivity index (χ3v) is 4.52. The van der Waals surface area contributed by atoms with Crippen LogP contribution in [0.3, 0.4) is 0 Å². The summed E-state index contributed by atoms with van der Waals surface area (Å²) in [5.74, 6) is 0.234. The Hall–Kier alpha value is -1.88. The van der Waals surface area contributed by atoms with Gasteiger partial charge in [-0.05, 0) is 18.4 Å². The molecular weight excluding hydrogens is 292 g/mol. The fourth-order valence-corrected chi connectivity index (χ4v) is 2.79. The maximum absolute atomic E-state index is 12.2. The number of quaternary nitrogens is 1. The second-order valence-corrected chi connectivity index (χ2v) is 6.62. The number of amides is 2. The molecule has 5 heteroatoms. The first kappa shape index (κ1) is 17.5. The molecule has 2 atom stereocenters. The van der Waals surface area contributed by atoms with Crippen LogP contribution in [-0.2, 0) is 16.1 Å². The Balaban J connectivity index is 2.03. The summed E-state index contributed by atoms with van der Waals surface area (Å²) in [6.45, 7) is 7.01. The highest BCUT2D eigenvalue weighted by Crippen LogP contribution is 2.18. The minimum atomic E-state index is -0.696. The molecule has 1 aliphatic rings. The smallest absolute Gasteiger partial charge is 0.413 e. The Morgan fingerprint density at radius 3 is 2.30 bits per heavy atom. The number of carbonyl (C=O) groups excluding carboxylic acids is 2. The molecule has 1 saturated carbocycles. The van der Waals surface area contributed by atoms with Gasteiger partial charge in [-0.25, -0.2) is 4.79 Å². The van der Waals surface area contributed by atoms with E-state index in [1.54, 1.807) is 0 Å². The molecule has 1 fully saturated rings. The maximum Gasteiger partial charge on any atom is 0.413 e. The fraction of sp³-hybridized carbons (Fsp3) is 0.556. The predicted octanol–water partition coefficient (Wildman–Crippen LogP) is 1.63. The van der Waals surface area contributed by atoms with E-state index in [-0.39, 0.29) is 11.9 Å². The largest absolute Gasteiger partial charge is 0.453 e. The SMILES string of the molecule is COC(=O)NC(=O)[C@@H](C)[NH+](Cc1ccc(C(C)C)cc1)C1CC1. The molecule has 0 aromatic heterocycles. The highest BCUT2D eigenvalue weighted by atomic mass is 16.5. The summed E-state index contributed by atoms with van der Waals surface area (Å²) in [4.78, 5) is 24.6. The van der Waals surface area contributed by atoms with E-state index < -0.39 is 6.09 Å². The van der Waals surface area contributed by atoms with E-state index in [0.29, 0.717) is 12.0 Å². The van der Waals surface area contributed by atoms with Crippen LogP contribution >= 0.6 is 0 Å². The van der Waals surface area contributed by atoms with Gasteiger partial charge in [-0.3, -0.25) is 10.1 Å². The van der Waals surface area contributed by atoms with Gasteiger partial charge in [0.25, 0.3) is 5.91 Å². The van der Waals surface area contributed by atoms with Gasteiger partial charge in [0.1, 0.15) is 6.54 Å². The summed E-state index contributed by atoms with van der Waals surface area (Å²) in [6.07, 6.45) is 1.57. The monoisotopic (exact) mass is 319 g/mol. The van der Waals surface area contributed by atoms with E-state index in [1.807, 2.05) is 6.92 Å². The van der Waals surface area contributed by atoms with E-state index in [1.165, 1.54) is 23.1 Å². The summed E-state index contributed by atoms with van der Waals surface area (Å²) >= 11 is 0. The molecule has 5 nitrogen and oxygen atoms in total. The number of carbonyl (C=O) groups is 2. The second kappa shape index (κ2) is 7.59. The van der Waals surface area contributed by atoms with E-state index in [9.17, 15) is 9.59 Å². The Labute approximate surface area is 138 Å². The van der Waals surface area contributed by atoms with Crippen LogP contribution in [0.4, 0.5) is 4.79 Å². The predicted molar refractivity (Wildman–Crippen MR) is 88.2 cm³/mol. The van der Waals surface area contributed by atoms with Gasteiger partial charge < -0.3 is 9.64 Å². The number of methoxy groups -OCH3 is 1. The van der Waals surface area contributed by atoms with Crippen molar-refractivity contribution in [2.75, 3.05) is 7.11 Å². The van der Waals surface area contributed by atoms with Crippen molar-refractivity contribution in [3.8, 4) is 0 Å². The minimum absolute atomic E-state index is 0.280. The van der Waals surface area contributed by atoms with Crippen LogP contribution in [0, 0.1) is 0 Å². The lowest BCUT2D eigenvalue weighted by atomic mass is 10.0. The maximum atomic E-state index is 12.2. The molecule has 1 unspecified atom stereocenters. The summed E-state index contributed by atoms with van der Waals surface area (Å²) < 4.78 is 4.50. The normalized spacial score (nSPS) is 16.7. The summed E-state index contributed by atoms with van der Waals surface area (Å²) in [5, 5.41) is 2.28. The molecule has 1 aromatic rings. The van der Waals surface area contributed by atoms with Crippen molar-refractivity contribution in [3.05, 3.63) is 35.4 Å². The Morgan fingerprint density at radius 2 is 1.83 bits per heavy atom. The van der Waals surface area contributed by atoms with Crippen LogP contribution in [0.25, 0.3) is 0 Å². The summed E-state index contributed by atoms with van der Waals surface area (Å²) in [5.41, 5.74) is 2.53. The number of hydrogen-bond acceptors (Lipinski definition) is 3. The lowest BCUT2D eigenvalue weighted by Gasteiger charge is -2.25. The van der Waals surface area contributed by atoms with E-state index in [4.69, 9.17) is 0 Å². The van der Waals surface area contributed by atoms with Crippen LogP contribution in [0.2, 0.25) is 0 Å². The molecule has 23 heavy (non-hydrogen) atoms. The Morgan fingerprint density at radius 1 is 1.22 bits per heavy atom. The van der Waals surface area contributed by atoms with Crippen molar-refractivity contribution in [1.29, 1.82) is 0 Å². The number of imide groups is 1. The first-order valence-electron chi connectivity index (χ1n) is 8.25. The van der Waals surface area contributed by atoms with Gasteiger partial charge in [0.15, 0.2) is 6.04 Å². The van der Waals surface area contributed by atoms with E-state index in [0.717, 1.165) is 19.4 Å². The molecule has 126 valence electrons. The molecule has 2 N–H and O–H groups in total. The zero-order chi connectivity index (χ0) is 17.0. The van der Waals surface area contributed by atoms with Crippen molar-refractivity contribution in [2.45, 2.75) is 58.2 Å². The number of alkyl carbamates (subject to hydrolysis) is 1. The number of benzene rings is 1. The minimum Gasteiger partial charge on any atom is -0.453 e. The van der Waals surface area contributed by atoms with Crippen LogP contribution in [0.5, 0.6) is 0 Å².